The second-order valence-electron chi connectivity index (χ2n) is 7.41. The summed E-state index contributed by atoms with van der Waals surface area (Å²) in [4.78, 5) is 4.14. The summed E-state index contributed by atoms with van der Waals surface area (Å²) in [5, 5.41) is 0.947. The van der Waals surface area contributed by atoms with Gasteiger partial charge in [-0.3, -0.25) is 0 Å². The lowest BCUT2D eigenvalue weighted by molar-refractivity contribution is 0.563. The second-order valence-corrected chi connectivity index (χ2v) is 9.54. The molecule has 1 heterocycles. The molecule has 2 nitrogen and oxygen atoms in total. The first-order valence-electron chi connectivity index (χ1n) is 10.7. The van der Waals surface area contributed by atoms with Crippen LogP contribution < -0.4 is 0 Å². The fraction of sp³-hybridized carbons (Fsp3) is 0.609. The minimum absolute atomic E-state index is 0.156. The van der Waals surface area contributed by atoms with Crippen molar-refractivity contribution in [1.82, 2.24) is 9.55 Å². The smallest absolute Gasteiger partial charge is 0.125 e. The maximum atomic E-state index is 6.79. The first-order valence-corrected chi connectivity index (χ1v) is 12.6. The van der Waals surface area contributed by atoms with E-state index in [-0.39, 0.29) is 10.8 Å². The number of rotatable bonds is 15. The molecule has 5 heteroatoms. The number of benzene rings is 1. The number of halogens is 2. The van der Waals surface area contributed by atoms with Crippen LogP contribution in [0.25, 0.3) is 0 Å². The molecular weight excluding hydrogens is 407 g/mol. The van der Waals surface area contributed by atoms with Gasteiger partial charge < -0.3 is 4.57 Å². The number of hydrogen-bond acceptors (Lipinski definition) is 2. The van der Waals surface area contributed by atoms with E-state index in [1.165, 1.54) is 69.8 Å². The monoisotopic (exact) mass is 440 g/mol. The molecule has 0 N–H and O–H groups in total. The van der Waals surface area contributed by atoms with Crippen LogP contribution in [0.2, 0.25) is 5.02 Å². The van der Waals surface area contributed by atoms with E-state index in [1.54, 1.807) is 12.5 Å². The minimum Gasteiger partial charge on any atom is -0.319 e. The Labute approximate surface area is 185 Å². The second kappa shape index (κ2) is 14.4. The van der Waals surface area contributed by atoms with Gasteiger partial charge in [0.2, 0.25) is 0 Å². The molecule has 0 amide bonds. The van der Waals surface area contributed by atoms with Crippen LogP contribution in [-0.2, 0) is 0 Å². The molecule has 2 aromatic rings. The van der Waals surface area contributed by atoms with Gasteiger partial charge in [0, 0.05) is 17.4 Å². The molecule has 0 aliphatic carbocycles. The summed E-state index contributed by atoms with van der Waals surface area (Å²) >= 11 is 14.8. The van der Waals surface area contributed by atoms with Crippen LogP contribution in [0.5, 0.6) is 0 Å². The van der Waals surface area contributed by atoms with Crippen LogP contribution in [-0.4, -0.2) is 15.3 Å². The Bertz CT molecular complexity index is 616. The number of imidazole rings is 1. The highest BCUT2D eigenvalue weighted by molar-refractivity contribution is 7.99. The summed E-state index contributed by atoms with van der Waals surface area (Å²) in [5.41, 5.74) is 1.06. The van der Waals surface area contributed by atoms with E-state index < -0.39 is 0 Å². The van der Waals surface area contributed by atoms with Crippen LogP contribution in [0.4, 0.5) is 0 Å². The van der Waals surface area contributed by atoms with E-state index in [2.05, 4.69) is 24.0 Å². The third kappa shape index (κ3) is 8.80. The fourth-order valence-corrected chi connectivity index (χ4v) is 5.24. The SMILES string of the molecule is CCCCCCCCCCCCSC(c1ccc(Cl)cc1)C(Cl)n1ccnc1. The van der Waals surface area contributed by atoms with Crippen molar-refractivity contribution in [3.05, 3.63) is 53.6 Å². The van der Waals surface area contributed by atoms with E-state index in [1.807, 2.05) is 34.7 Å². The predicted molar refractivity (Wildman–Crippen MR) is 126 cm³/mol. The largest absolute Gasteiger partial charge is 0.319 e. The number of unbranched alkanes of at least 4 members (excludes halogenated alkanes) is 9. The van der Waals surface area contributed by atoms with E-state index in [4.69, 9.17) is 23.2 Å². The van der Waals surface area contributed by atoms with Gasteiger partial charge in [-0.05, 0) is 29.9 Å². The summed E-state index contributed by atoms with van der Waals surface area (Å²) in [7, 11) is 0. The molecule has 0 aliphatic rings. The van der Waals surface area contributed by atoms with Gasteiger partial charge >= 0.3 is 0 Å². The predicted octanol–water partition coefficient (Wildman–Crippen LogP) is 8.67. The molecule has 28 heavy (non-hydrogen) atoms. The average Bonchev–Trinajstić information content (AvgIpc) is 3.24. The molecule has 0 fully saturated rings. The van der Waals surface area contributed by atoms with Crippen molar-refractivity contribution in [2.24, 2.45) is 0 Å². The van der Waals surface area contributed by atoms with Gasteiger partial charge in [-0.25, -0.2) is 4.98 Å². The van der Waals surface area contributed by atoms with Crippen LogP contribution >= 0.6 is 35.0 Å². The molecule has 0 aliphatic heterocycles. The van der Waals surface area contributed by atoms with Gasteiger partial charge in [-0.2, -0.15) is 11.8 Å². The normalized spacial score (nSPS) is 13.5. The van der Waals surface area contributed by atoms with Crippen LogP contribution in [0.3, 0.4) is 0 Å². The number of aromatic nitrogens is 2. The molecule has 1 aromatic carbocycles. The standard InChI is InChI=1S/C23H34Cl2N2S/c1-2-3-4-5-6-7-8-9-10-11-18-28-22(20-12-14-21(24)15-13-20)23(25)27-17-16-26-19-27/h12-17,19,22-23H,2-11,18H2,1H3. The molecule has 0 saturated heterocycles. The first-order chi connectivity index (χ1) is 13.7. The zero-order chi connectivity index (χ0) is 20.0. The van der Waals surface area contributed by atoms with Gasteiger partial charge in [-0.1, -0.05) is 100 Å². The zero-order valence-corrected chi connectivity index (χ0v) is 19.4. The Hall–Kier alpha value is -0.640. The van der Waals surface area contributed by atoms with Gasteiger partial charge in [0.1, 0.15) is 5.50 Å². The van der Waals surface area contributed by atoms with Crippen molar-refractivity contribution in [3.8, 4) is 0 Å². The lowest BCUT2D eigenvalue weighted by Crippen LogP contribution is -2.10. The number of alkyl halides is 1. The lowest BCUT2D eigenvalue weighted by Gasteiger charge is -2.23. The number of nitrogens with zero attached hydrogens (tertiary/aromatic N) is 2. The first kappa shape index (κ1) is 23.6. The highest BCUT2D eigenvalue weighted by Crippen LogP contribution is 2.41. The van der Waals surface area contributed by atoms with Crippen LogP contribution in [0.1, 0.15) is 87.4 Å². The summed E-state index contributed by atoms with van der Waals surface area (Å²) in [6, 6.07) is 8.07. The van der Waals surface area contributed by atoms with Gasteiger partial charge in [0.15, 0.2) is 0 Å². The Morgan fingerprint density at radius 3 is 2.11 bits per heavy atom. The molecule has 0 radical (unpaired) electrons. The summed E-state index contributed by atoms with van der Waals surface area (Å²) in [6.07, 6.45) is 19.2. The van der Waals surface area contributed by atoms with Crippen molar-refractivity contribution in [3.63, 3.8) is 0 Å². The molecular formula is C23H34Cl2N2S. The van der Waals surface area contributed by atoms with E-state index in [0.717, 1.165) is 10.8 Å². The van der Waals surface area contributed by atoms with Gasteiger partial charge in [-0.15, -0.1) is 0 Å². The molecule has 2 atom stereocenters. The van der Waals surface area contributed by atoms with E-state index >= 15 is 0 Å². The zero-order valence-electron chi connectivity index (χ0n) is 17.0. The number of hydrogen-bond donors (Lipinski definition) is 0. The van der Waals surface area contributed by atoms with Crippen molar-refractivity contribution in [2.45, 2.75) is 81.9 Å². The summed E-state index contributed by atoms with van der Waals surface area (Å²) in [6.45, 7) is 2.28. The Morgan fingerprint density at radius 2 is 1.54 bits per heavy atom. The third-order valence-electron chi connectivity index (χ3n) is 5.05. The number of thioether (sulfide) groups is 1. The Balaban J connectivity index is 1.70. The van der Waals surface area contributed by atoms with Gasteiger partial charge in [0.05, 0.1) is 11.6 Å². The highest BCUT2D eigenvalue weighted by atomic mass is 35.5. The summed E-state index contributed by atoms with van der Waals surface area (Å²) < 4.78 is 1.98. The minimum atomic E-state index is -0.156. The van der Waals surface area contributed by atoms with Crippen LogP contribution in [0, 0.1) is 0 Å². The lowest BCUT2D eigenvalue weighted by atomic mass is 10.1. The van der Waals surface area contributed by atoms with Gasteiger partial charge in [0.25, 0.3) is 0 Å². The quantitative estimate of drug-likeness (QED) is 0.203. The van der Waals surface area contributed by atoms with Crippen molar-refractivity contribution < 1.29 is 0 Å². The summed E-state index contributed by atoms with van der Waals surface area (Å²) in [5.74, 6) is 1.13. The topological polar surface area (TPSA) is 17.8 Å². The Kier molecular flexibility index (Phi) is 12.1. The van der Waals surface area contributed by atoms with Crippen LogP contribution in [0.15, 0.2) is 43.0 Å². The van der Waals surface area contributed by atoms with Crippen molar-refractivity contribution in [2.75, 3.05) is 5.75 Å². The van der Waals surface area contributed by atoms with E-state index in [9.17, 15) is 0 Å². The molecule has 2 unspecified atom stereocenters. The molecule has 0 saturated carbocycles. The molecule has 0 spiro atoms. The Morgan fingerprint density at radius 1 is 0.929 bits per heavy atom. The fourth-order valence-electron chi connectivity index (χ4n) is 3.36. The van der Waals surface area contributed by atoms with Crippen molar-refractivity contribution >= 4 is 35.0 Å². The maximum Gasteiger partial charge on any atom is 0.125 e. The van der Waals surface area contributed by atoms with E-state index in [0.29, 0.717) is 0 Å². The molecule has 0 bridgehead atoms. The molecule has 156 valence electrons. The average molecular weight is 442 g/mol. The third-order valence-corrected chi connectivity index (χ3v) is 7.35. The molecule has 2 rings (SSSR count). The molecule has 1 aromatic heterocycles. The van der Waals surface area contributed by atoms with Crippen molar-refractivity contribution in [1.29, 1.82) is 0 Å². The highest BCUT2D eigenvalue weighted by Gasteiger charge is 2.23. The maximum absolute atomic E-state index is 6.79.